The molecule has 0 saturated carbocycles. The minimum absolute atomic E-state index is 0.195. The Kier molecular flexibility index (Phi) is 9.86. The Balaban J connectivity index is 0.000000291. The maximum absolute atomic E-state index is 10.5. The van der Waals surface area contributed by atoms with E-state index < -0.39 is 24.1 Å². The quantitative estimate of drug-likeness (QED) is 0.489. The number of benzene rings is 2. The first-order valence-corrected chi connectivity index (χ1v) is 9.63. The molecule has 0 aliphatic carbocycles. The Hall–Kier alpha value is -1.86. The van der Waals surface area contributed by atoms with Gasteiger partial charge in [-0.3, -0.25) is 0 Å². The summed E-state index contributed by atoms with van der Waals surface area (Å²) in [4.78, 5) is 21.1. The number of hydrogen-bond donors (Lipinski definition) is 2. The molecule has 0 fully saturated rings. The van der Waals surface area contributed by atoms with Crippen molar-refractivity contribution in [3.05, 3.63) is 56.0 Å². The minimum Gasteiger partial charge on any atom is -0.479 e. The van der Waals surface area contributed by atoms with Crippen molar-refractivity contribution in [2.75, 3.05) is 0 Å². The lowest BCUT2D eigenvalue weighted by Crippen LogP contribution is -2.23. The molecule has 0 aliphatic heterocycles. The van der Waals surface area contributed by atoms with Crippen molar-refractivity contribution in [1.29, 1.82) is 0 Å². The van der Waals surface area contributed by atoms with Crippen LogP contribution in [0.15, 0.2) is 30.3 Å². The van der Waals surface area contributed by atoms with Crippen LogP contribution in [0.4, 0.5) is 0 Å². The second-order valence-electron chi connectivity index (χ2n) is 5.80. The Morgan fingerprint density at radius 1 is 0.793 bits per heavy atom. The Morgan fingerprint density at radius 2 is 1.28 bits per heavy atom. The zero-order chi connectivity index (χ0) is 22.3. The molecule has 2 aromatic carbocycles. The van der Waals surface area contributed by atoms with Crippen molar-refractivity contribution in [2.45, 2.75) is 33.0 Å². The van der Waals surface area contributed by atoms with E-state index in [0.29, 0.717) is 10.8 Å². The van der Waals surface area contributed by atoms with E-state index in [1.165, 1.54) is 26.0 Å². The van der Waals surface area contributed by atoms with Gasteiger partial charge in [-0.25, -0.2) is 9.59 Å². The van der Waals surface area contributed by atoms with Crippen LogP contribution in [-0.4, -0.2) is 34.4 Å². The standard InChI is InChI=1S/C10H11ClO3.C9H7Cl3O3/c1-6-5-8(11)3-4-9(6)14-7(2)10(12)13;1-4(9(13)14)15-8-3-6(11)5(10)2-7(8)12/h3-5,7H,1-2H3,(H,12,13);2-4H,1H3,(H,13,14). The van der Waals surface area contributed by atoms with Crippen LogP contribution in [0, 0.1) is 6.92 Å². The largest absolute Gasteiger partial charge is 0.479 e. The van der Waals surface area contributed by atoms with E-state index in [0.717, 1.165) is 5.56 Å². The summed E-state index contributed by atoms with van der Waals surface area (Å²) in [6, 6.07) is 7.84. The van der Waals surface area contributed by atoms with E-state index in [9.17, 15) is 9.59 Å². The van der Waals surface area contributed by atoms with E-state index in [1.54, 1.807) is 18.2 Å². The van der Waals surface area contributed by atoms with Crippen molar-refractivity contribution in [3.8, 4) is 11.5 Å². The van der Waals surface area contributed by atoms with Crippen LogP contribution < -0.4 is 9.47 Å². The monoisotopic (exact) mass is 482 g/mol. The Bertz CT molecular complexity index is 887. The highest BCUT2D eigenvalue weighted by atomic mass is 35.5. The molecule has 2 aromatic rings. The van der Waals surface area contributed by atoms with Gasteiger partial charge in [-0.05, 0) is 50.6 Å². The van der Waals surface area contributed by atoms with Crippen LogP contribution in [0.5, 0.6) is 11.5 Å². The van der Waals surface area contributed by atoms with Crippen LogP contribution in [0.1, 0.15) is 19.4 Å². The van der Waals surface area contributed by atoms with Gasteiger partial charge in [-0.15, -0.1) is 0 Å². The van der Waals surface area contributed by atoms with Gasteiger partial charge in [-0.1, -0.05) is 46.4 Å². The van der Waals surface area contributed by atoms with E-state index in [4.69, 9.17) is 66.1 Å². The zero-order valence-corrected chi connectivity index (χ0v) is 18.6. The minimum atomic E-state index is -1.09. The van der Waals surface area contributed by atoms with Crippen LogP contribution in [-0.2, 0) is 9.59 Å². The number of carboxylic acids is 2. The molecular formula is C19H18Cl4O6. The highest BCUT2D eigenvalue weighted by molar-refractivity contribution is 6.43. The first kappa shape index (κ1) is 25.2. The van der Waals surface area contributed by atoms with E-state index in [1.807, 2.05) is 6.92 Å². The fourth-order valence-corrected chi connectivity index (χ4v) is 2.63. The van der Waals surface area contributed by atoms with Gasteiger partial charge in [0.05, 0.1) is 15.1 Å². The van der Waals surface area contributed by atoms with Gasteiger partial charge in [-0.2, -0.15) is 0 Å². The van der Waals surface area contributed by atoms with Gasteiger partial charge in [0.15, 0.2) is 12.2 Å². The van der Waals surface area contributed by atoms with Crippen LogP contribution >= 0.6 is 46.4 Å². The fraction of sp³-hybridized carbons (Fsp3) is 0.263. The second-order valence-corrected chi connectivity index (χ2v) is 7.46. The second kappa shape index (κ2) is 11.4. The summed E-state index contributed by atoms with van der Waals surface area (Å²) in [6.07, 6.45) is -1.85. The van der Waals surface area contributed by atoms with Gasteiger partial charge < -0.3 is 19.7 Å². The van der Waals surface area contributed by atoms with Gasteiger partial charge in [0, 0.05) is 11.1 Å². The molecule has 0 heterocycles. The van der Waals surface area contributed by atoms with Gasteiger partial charge >= 0.3 is 11.9 Å². The molecular weight excluding hydrogens is 466 g/mol. The maximum atomic E-state index is 10.5. The predicted octanol–water partition coefficient (Wildman–Crippen LogP) is 6.00. The first-order chi connectivity index (χ1) is 13.4. The SMILES string of the molecule is CC(Oc1cc(Cl)c(Cl)cc1Cl)C(=O)O.Cc1cc(Cl)ccc1OC(C)C(=O)O. The number of aliphatic carboxylic acids is 2. The number of carboxylic acid groups (broad SMARTS) is 2. The van der Waals surface area contributed by atoms with Crippen LogP contribution in [0.2, 0.25) is 20.1 Å². The highest BCUT2D eigenvalue weighted by Gasteiger charge is 2.16. The summed E-state index contributed by atoms with van der Waals surface area (Å²) in [5.74, 6) is -1.33. The molecule has 0 spiro atoms. The molecule has 2 N–H and O–H groups in total. The summed E-state index contributed by atoms with van der Waals surface area (Å²) in [5.41, 5.74) is 0.825. The molecule has 2 rings (SSSR count). The Morgan fingerprint density at radius 3 is 1.76 bits per heavy atom. The number of carbonyl (C=O) groups is 2. The van der Waals surface area contributed by atoms with Crippen LogP contribution in [0.3, 0.4) is 0 Å². The van der Waals surface area contributed by atoms with Gasteiger partial charge in [0.25, 0.3) is 0 Å². The molecule has 0 aromatic heterocycles. The third-order valence-electron chi connectivity index (χ3n) is 3.41. The van der Waals surface area contributed by atoms with E-state index >= 15 is 0 Å². The van der Waals surface area contributed by atoms with Crippen molar-refractivity contribution >= 4 is 58.3 Å². The van der Waals surface area contributed by atoms with Gasteiger partial charge in [0.2, 0.25) is 0 Å². The molecule has 0 bridgehead atoms. The molecule has 29 heavy (non-hydrogen) atoms. The lowest BCUT2D eigenvalue weighted by atomic mass is 10.2. The molecule has 2 unspecified atom stereocenters. The molecule has 0 radical (unpaired) electrons. The van der Waals surface area contributed by atoms with Crippen molar-refractivity contribution in [1.82, 2.24) is 0 Å². The number of halogens is 4. The molecule has 10 heteroatoms. The summed E-state index contributed by atoms with van der Waals surface area (Å²) in [5, 5.41) is 18.6. The summed E-state index contributed by atoms with van der Waals surface area (Å²) >= 11 is 23.0. The van der Waals surface area contributed by atoms with E-state index in [-0.39, 0.29) is 20.8 Å². The summed E-state index contributed by atoms with van der Waals surface area (Å²) in [6.45, 7) is 4.69. The molecule has 0 aliphatic rings. The highest BCUT2D eigenvalue weighted by Crippen LogP contribution is 2.34. The third-order valence-corrected chi connectivity index (χ3v) is 4.67. The summed E-state index contributed by atoms with van der Waals surface area (Å²) < 4.78 is 10.3. The average molecular weight is 484 g/mol. The smallest absolute Gasteiger partial charge is 0.344 e. The van der Waals surface area contributed by atoms with Gasteiger partial charge in [0.1, 0.15) is 11.5 Å². The number of hydrogen-bond acceptors (Lipinski definition) is 4. The molecule has 6 nitrogen and oxygen atoms in total. The van der Waals surface area contributed by atoms with E-state index in [2.05, 4.69) is 0 Å². The van der Waals surface area contributed by atoms with Crippen molar-refractivity contribution < 1.29 is 29.3 Å². The lowest BCUT2D eigenvalue weighted by molar-refractivity contribution is -0.145. The molecule has 0 saturated heterocycles. The van der Waals surface area contributed by atoms with Crippen molar-refractivity contribution in [3.63, 3.8) is 0 Å². The first-order valence-electron chi connectivity index (χ1n) is 8.12. The fourth-order valence-electron chi connectivity index (χ4n) is 1.82. The van der Waals surface area contributed by atoms with Crippen molar-refractivity contribution in [2.24, 2.45) is 0 Å². The molecule has 2 atom stereocenters. The maximum Gasteiger partial charge on any atom is 0.344 e. The molecule has 158 valence electrons. The average Bonchev–Trinajstić information content (AvgIpc) is 2.62. The number of aryl methyl sites for hydroxylation is 1. The van der Waals surface area contributed by atoms with Crippen LogP contribution in [0.25, 0.3) is 0 Å². The summed E-state index contributed by atoms with van der Waals surface area (Å²) in [7, 11) is 0. The zero-order valence-electron chi connectivity index (χ0n) is 15.6. The third kappa shape index (κ3) is 8.19. The topological polar surface area (TPSA) is 93.1 Å². The number of ether oxygens (including phenoxy) is 2. The number of rotatable bonds is 6. The lowest BCUT2D eigenvalue weighted by Gasteiger charge is -2.12. The predicted molar refractivity (Wildman–Crippen MR) is 113 cm³/mol. The Labute approximate surface area is 187 Å². The molecule has 0 amide bonds. The normalized spacial score (nSPS) is 12.2.